The Morgan fingerprint density at radius 3 is 2.23 bits per heavy atom. The first-order chi connectivity index (χ1) is 5.77. The summed E-state index contributed by atoms with van der Waals surface area (Å²) in [4.78, 5) is 25.6. The molecule has 0 radical (unpaired) electrons. The molecule has 13 heavy (non-hydrogen) atoms. The van der Waals surface area contributed by atoms with Gasteiger partial charge in [0.25, 0.3) is 0 Å². The van der Waals surface area contributed by atoms with E-state index in [0.29, 0.717) is 0 Å². The third-order valence-corrected chi connectivity index (χ3v) is 3.13. The molecule has 0 saturated heterocycles. The van der Waals surface area contributed by atoms with Crippen LogP contribution < -0.4 is 5.48 Å². The zero-order chi connectivity index (χ0) is 10.5. The van der Waals surface area contributed by atoms with Gasteiger partial charge in [-0.25, -0.2) is 4.62 Å². The number of rotatable bonds is 6. The standard InChI is InChI=1S/C4H13NO6P2/c1-2-13(9,10)11-5-3-4-12(6,7)8/h5H,2-4H2,1H3,(H,9,10)(H2,6,7,8). The highest BCUT2D eigenvalue weighted by Gasteiger charge is 2.17. The maximum atomic E-state index is 10.8. The molecule has 0 heterocycles. The topological polar surface area (TPSA) is 116 Å². The highest BCUT2D eigenvalue weighted by atomic mass is 31.2. The van der Waals surface area contributed by atoms with Gasteiger partial charge in [-0.05, 0) is 0 Å². The summed E-state index contributed by atoms with van der Waals surface area (Å²) in [5, 5.41) is 0. The van der Waals surface area contributed by atoms with Crippen LogP contribution in [0.1, 0.15) is 6.92 Å². The molecular weight excluding hydrogens is 220 g/mol. The number of hydrogen-bond acceptors (Lipinski definition) is 4. The average molecular weight is 233 g/mol. The first-order valence-electron chi connectivity index (χ1n) is 3.54. The third-order valence-electron chi connectivity index (χ3n) is 1.11. The molecule has 9 heteroatoms. The fourth-order valence-corrected chi connectivity index (χ4v) is 1.21. The molecule has 0 rings (SSSR count). The van der Waals surface area contributed by atoms with Crippen LogP contribution in [0.2, 0.25) is 0 Å². The van der Waals surface area contributed by atoms with Crippen molar-refractivity contribution in [3.63, 3.8) is 0 Å². The summed E-state index contributed by atoms with van der Waals surface area (Å²) in [5.41, 5.74) is 2.03. The van der Waals surface area contributed by atoms with E-state index in [0.717, 1.165) is 0 Å². The zero-order valence-electron chi connectivity index (χ0n) is 7.08. The van der Waals surface area contributed by atoms with Crippen molar-refractivity contribution >= 4 is 15.2 Å². The third kappa shape index (κ3) is 8.59. The Hall–Kier alpha value is 0.260. The van der Waals surface area contributed by atoms with Gasteiger partial charge in [0.05, 0.1) is 6.16 Å². The second-order valence-electron chi connectivity index (χ2n) is 2.33. The summed E-state index contributed by atoms with van der Waals surface area (Å²) in [6, 6.07) is 0. The first-order valence-corrected chi connectivity index (χ1v) is 7.11. The van der Waals surface area contributed by atoms with Crippen LogP contribution in [0.25, 0.3) is 0 Å². The van der Waals surface area contributed by atoms with E-state index < -0.39 is 21.4 Å². The minimum Gasteiger partial charge on any atom is -0.324 e. The van der Waals surface area contributed by atoms with Crippen molar-refractivity contribution in [2.75, 3.05) is 18.9 Å². The van der Waals surface area contributed by atoms with E-state index in [1.165, 1.54) is 6.92 Å². The minimum atomic E-state index is -4.07. The van der Waals surface area contributed by atoms with Gasteiger partial charge in [-0.1, -0.05) is 6.92 Å². The summed E-state index contributed by atoms with van der Waals surface area (Å²) >= 11 is 0. The van der Waals surface area contributed by atoms with Crippen LogP contribution in [-0.4, -0.2) is 33.5 Å². The van der Waals surface area contributed by atoms with Crippen molar-refractivity contribution in [3.05, 3.63) is 0 Å². The SMILES string of the molecule is CCP(=O)(O)ONCCP(=O)(O)O. The molecule has 1 atom stereocenters. The predicted octanol–water partition coefficient (Wildman–Crippen LogP) is -0.109. The maximum absolute atomic E-state index is 10.8. The molecule has 0 saturated carbocycles. The summed E-state index contributed by atoms with van der Waals surface area (Å²) in [7, 11) is -7.69. The molecular formula is C4H13NO6P2. The second kappa shape index (κ2) is 5.22. The van der Waals surface area contributed by atoms with E-state index in [1.54, 1.807) is 0 Å². The Kier molecular flexibility index (Phi) is 5.32. The van der Waals surface area contributed by atoms with Gasteiger partial charge in [-0.2, -0.15) is 5.48 Å². The van der Waals surface area contributed by atoms with Crippen molar-refractivity contribution in [3.8, 4) is 0 Å². The maximum Gasteiger partial charge on any atom is 0.344 e. The zero-order valence-corrected chi connectivity index (χ0v) is 8.87. The van der Waals surface area contributed by atoms with Gasteiger partial charge < -0.3 is 14.7 Å². The summed E-state index contributed by atoms with van der Waals surface area (Å²) < 4.78 is 25.4. The van der Waals surface area contributed by atoms with Gasteiger partial charge in [0.15, 0.2) is 0 Å². The van der Waals surface area contributed by atoms with Crippen molar-refractivity contribution in [2.24, 2.45) is 0 Å². The Morgan fingerprint density at radius 1 is 1.31 bits per heavy atom. The summed E-state index contributed by atoms with van der Waals surface area (Å²) in [6.45, 7) is 1.29. The van der Waals surface area contributed by atoms with Crippen LogP contribution in [-0.2, 0) is 13.8 Å². The average Bonchev–Trinajstić information content (AvgIpc) is 1.97. The lowest BCUT2D eigenvalue weighted by atomic mass is 10.8. The Bertz CT molecular complexity index is 237. The van der Waals surface area contributed by atoms with Crippen LogP contribution in [0.4, 0.5) is 0 Å². The van der Waals surface area contributed by atoms with Crippen LogP contribution in [0.3, 0.4) is 0 Å². The van der Waals surface area contributed by atoms with Crippen molar-refractivity contribution in [2.45, 2.75) is 6.92 Å². The van der Waals surface area contributed by atoms with E-state index in [1.807, 2.05) is 5.48 Å². The number of hydroxylamine groups is 1. The molecule has 0 aromatic rings. The molecule has 0 aliphatic rings. The van der Waals surface area contributed by atoms with Crippen LogP contribution in [0.15, 0.2) is 0 Å². The fraction of sp³-hybridized carbons (Fsp3) is 1.00. The van der Waals surface area contributed by atoms with Gasteiger partial charge in [0, 0.05) is 12.7 Å². The van der Waals surface area contributed by atoms with Crippen molar-refractivity contribution in [1.29, 1.82) is 0 Å². The molecule has 0 bridgehead atoms. The van der Waals surface area contributed by atoms with Gasteiger partial charge in [0.1, 0.15) is 0 Å². The summed E-state index contributed by atoms with van der Waals surface area (Å²) in [5.74, 6) is 0. The predicted molar refractivity (Wildman–Crippen MR) is 46.4 cm³/mol. The lowest BCUT2D eigenvalue weighted by Crippen LogP contribution is -2.18. The van der Waals surface area contributed by atoms with Crippen LogP contribution in [0.5, 0.6) is 0 Å². The van der Waals surface area contributed by atoms with Gasteiger partial charge in [-0.3, -0.25) is 9.13 Å². The molecule has 0 aromatic heterocycles. The molecule has 0 aliphatic heterocycles. The molecule has 80 valence electrons. The van der Waals surface area contributed by atoms with E-state index in [9.17, 15) is 9.13 Å². The highest BCUT2D eigenvalue weighted by molar-refractivity contribution is 7.52. The van der Waals surface area contributed by atoms with E-state index in [2.05, 4.69) is 4.62 Å². The van der Waals surface area contributed by atoms with E-state index in [-0.39, 0.29) is 12.7 Å². The molecule has 0 aromatic carbocycles. The lowest BCUT2D eigenvalue weighted by Gasteiger charge is -2.10. The highest BCUT2D eigenvalue weighted by Crippen LogP contribution is 2.39. The molecule has 4 N–H and O–H groups in total. The minimum absolute atomic E-state index is 0.0596. The molecule has 0 aliphatic carbocycles. The van der Waals surface area contributed by atoms with Crippen LogP contribution in [0, 0.1) is 0 Å². The van der Waals surface area contributed by atoms with Crippen molar-refractivity contribution in [1.82, 2.24) is 5.48 Å². The molecule has 0 spiro atoms. The van der Waals surface area contributed by atoms with Crippen LogP contribution >= 0.6 is 15.2 Å². The Balaban J connectivity index is 3.59. The Morgan fingerprint density at radius 2 is 1.85 bits per heavy atom. The van der Waals surface area contributed by atoms with Gasteiger partial charge in [0.2, 0.25) is 0 Å². The summed E-state index contributed by atoms with van der Waals surface area (Å²) in [6.07, 6.45) is -0.493. The first kappa shape index (κ1) is 13.3. The molecule has 1 unspecified atom stereocenters. The lowest BCUT2D eigenvalue weighted by molar-refractivity contribution is 0.170. The monoisotopic (exact) mass is 233 g/mol. The fourth-order valence-electron chi connectivity index (χ4n) is 0.402. The largest absolute Gasteiger partial charge is 0.344 e. The Labute approximate surface area is 75.8 Å². The van der Waals surface area contributed by atoms with Gasteiger partial charge >= 0.3 is 15.2 Å². The molecule has 0 amide bonds. The normalized spacial score (nSPS) is 16.9. The second-order valence-corrected chi connectivity index (χ2v) is 6.19. The van der Waals surface area contributed by atoms with E-state index in [4.69, 9.17) is 14.7 Å². The molecule has 0 fully saturated rings. The number of nitrogens with one attached hydrogen (secondary N) is 1. The van der Waals surface area contributed by atoms with Gasteiger partial charge in [-0.15, -0.1) is 0 Å². The smallest absolute Gasteiger partial charge is 0.324 e. The molecule has 7 nitrogen and oxygen atoms in total. The number of hydrogen-bond donors (Lipinski definition) is 4. The van der Waals surface area contributed by atoms with Crippen molar-refractivity contribution < 1.29 is 28.4 Å². The quantitative estimate of drug-likeness (QED) is 0.287. The van der Waals surface area contributed by atoms with E-state index >= 15 is 0 Å².